The van der Waals surface area contributed by atoms with Gasteiger partial charge in [-0.3, -0.25) is 4.79 Å². The van der Waals surface area contributed by atoms with Crippen molar-refractivity contribution >= 4 is 27.4 Å². The van der Waals surface area contributed by atoms with E-state index in [1.54, 1.807) is 19.2 Å². The SMILES string of the molecule is COc1cccc(COc2c(N)cc(Br)cc2C(C)=O)c1. The van der Waals surface area contributed by atoms with Crippen molar-refractivity contribution in [1.82, 2.24) is 0 Å². The van der Waals surface area contributed by atoms with Crippen molar-refractivity contribution in [2.75, 3.05) is 12.8 Å². The zero-order chi connectivity index (χ0) is 15.4. The zero-order valence-corrected chi connectivity index (χ0v) is 13.4. The molecule has 2 aromatic carbocycles. The molecule has 21 heavy (non-hydrogen) atoms. The maximum Gasteiger partial charge on any atom is 0.163 e. The molecule has 0 heterocycles. The van der Waals surface area contributed by atoms with Crippen LogP contribution in [-0.2, 0) is 6.61 Å². The highest BCUT2D eigenvalue weighted by atomic mass is 79.9. The number of anilines is 1. The number of carbonyl (C=O) groups excluding carboxylic acids is 1. The van der Waals surface area contributed by atoms with E-state index in [2.05, 4.69) is 15.9 Å². The topological polar surface area (TPSA) is 61.6 Å². The number of nitrogens with two attached hydrogens (primary N) is 1. The first kappa shape index (κ1) is 15.4. The lowest BCUT2D eigenvalue weighted by Gasteiger charge is -2.13. The lowest BCUT2D eigenvalue weighted by molar-refractivity contribution is 0.101. The van der Waals surface area contributed by atoms with Crippen LogP contribution >= 0.6 is 15.9 Å². The molecule has 0 aromatic heterocycles. The van der Waals surface area contributed by atoms with Gasteiger partial charge in [-0.05, 0) is 36.8 Å². The molecule has 0 aliphatic rings. The number of methoxy groups -OCH3 is 1. The largest absolute Gasteiger partial charge is 0.497 e. The van der Waals surface area contributed by atoms with Gasteiger partial charge in [0.05, 0.1) is 18.4 Å². The highest BCUT2D eigenvalue weighted by molar-refractivity contribution is 9.10. The van der Waals surface area contributed by atoms with Crippen LogP contribution in [0.1, 0.15) is 22.8 Å². The molecule has 0 spiro atoms. The van der Waals surface area contributed by atoms with E-state index in [4.69, 9.17) is 15.2 Å². The molecule has 0 fully saturated rings. The van der Waals surface area contributed by atoms with Crippen molar-refractivity contribution in [3.05, 3.63) is 52.0 Å². The van der Waals surface area contributed by atoms with Crippen LogP contribution in [0.25, 0.3) is 0 Å². The Kier molecular flexibility index (Phi) is 4.85. The highest BCUT2D eigenvalue weighted by Gasteiger charge is 2.14. The minimum absolute atomic E-state index is 0.0938. The van der Waals surface area contributed by atoms with Crippen molar-refractivity contribution < 1.29 is 14.3 Å². The third-order valence-corrected chi connectivity index (χ3v) is 3.44. The van der Waals surface area contributed by atoms with E-state index in [9.17, 15) is 4.79 Å². The lowest BCUT2D eigenvalue weighted by atomic mass is 10.1. The average molecular weight is 350 g/mol. The molecule has 2 aromatic rings. The molecule has 0 amide bonds. The Hall–Kier alpha value is -2.01. The fourth-order valence-electron chi connectivity index (χ4n) is 1.96. The Morgan fingerprint density at radius 2 is 2.05 bits per heavy atom. The maximum atomic E-state index is 11.7. The van der Waals surface area contributed by atoms with E-state index in [0.717, 1.165) is 15.8 Å². The molecule has 5 heteroatoms. The fraction of sp³-hybridized carbons (Fsp3) is 0.188. The molecular weight excluding hydrogens is 334 g/mol. The first-order chi connectivity index (χ1) is 10.0. The summed E-state index contributed by atoms with van der Waals surface area (Å²) in [6, 6.07) is 11.0. The molecule has 110 valence electrons. The summed E-state index contributed by atoms with van der Waals surface area (Å²) in [6.45, 7) is 1.79. The number of ether oxygens (including phenoxy) is 2. The van der Waals surface area contributed by atoms with Gasteiger partial charge in [-0.25, -0.2) is 0 Å². The summed E-state index contributed by atoms with van der Waals surface area (Å²) in [4.78, 5) is 11.7. The number of rotatable bonds is 5. The van der Waals surface area contributed by atoms with E-state index in [-0.39, 0.29) is 5.78 Å². The predicted molar refractivity (Wildman–Crippen MR) is 85.9 cm³/mol. The van der Waals surface area contributed by atoms with Crippen molar-refractivity contribution in [3.63, 3.8) is 0 Å². The molecule has 0 aliphatic heterocycles. The van der Waals surface area contributed by atoms with Crippen LogP contribution in [0.4, 0.5) is 5.69 Å². The smallest absolute Gasteiger partial charge is 0.163 e. The Morgan fingerprint density at radius 1 is 1.29 bits per heavy atom. The first-order valence-electron chi connectivity index (χ1n) is 6.37. The number of Topliss-reactive ketones (excluding diaryl/α,β-unsaturated/α-hetero) is 1. The van der Waals surface area contributed by atoms with Crippen LogP contribution in [-0.4, -0.2) is 12.9 Å². The second kappa shape index (κ2) is 6.63. The van der Waals surface area contributed by atoms with Gasteiger partial charge in [-0.2, -0.15) is 0 Å². The summed E-state index contributed by atoms with van der Waals surface area (Å²) < 4.78 is 11.7. The molecule has 0 saturated heterocycles. The number of hydrogen-bond donors (Lipinski definition) is 1. The van der Waals surface area contributed by atoms with Gasteiger partial charge in [-0.15, -0.1) is 0 Å². The number of ketones is 1. The summed E-state index contributed by atoms with van der Waals surface area (Å²) >= 11 is 3.33. The third-order valence-electron chi connectivity index (χ3n) is 2.98. The second-order valence-corrected chi connectivity index (χ2v) is 5.48. The molecule has 0 atom stereocenters. The van der Waals surface area contributed by atoms with E-state index >= 15 is 0 Å². The molecule has 2 N–H and O–H groups in total. The average Bonchev–Trinajstić information content (AvgIpc) is 2.45. The van der Waals surface area contributed by atoms with E-state index in [1.165, 1.54) is 6.92 Å². The highest BCUT2D eigenvalue weighted by Crippen LogP contribution is 2.32. The number of carbonyl (C=O) groups is 1. The van der Waals surface area contributed by atoms with Crippen LogP contribution in [0.15, 0.2) is 40.9 Å². The van der Waals surface area contributed by atoms with Crippen molar-refractivity contribution in [2.45, 2.75) is 13.5 Å². The fourth-order valence-corrected chi connectivity index (χ4v) is 2.43. The van der Waals surface area contributed by atoms with Crippen LogP contribution in [0.3, 0.4) is 0 Å². The number of hydrogen-bond acceptors (Lipinski definition) is 4. The molecule has 4 nitrogen and oxygen atoms in total. The third kappa shape index (κ3) is 3.76. The predicted octanol–water partition coefficient (Wildman–Crippen LogP) is 3.82. The molecule has 2 rings (SSSR count). The normalized spacial score (nSPS) is 10.2. The van der Waals surface area contributed by atoms with Crippen LogP contribution in [0, 0.1) is 0 Å². The van der Waals surface area contributed by atoms with Crippen molar-refractivity contribution in [2.24, 2.45) is 0 Å². The van der Waals surface area contributed by atoms with Crippen LogP contribution < -0.4 is 15.2 Å². The van der Waals surface area contributed by atoms with Gasteiger partial charge < -0.3 is 15.2 Å². The summed E-state index contributed by atoms with van der Waals surface area (Å²) in [6.07, 6.45) is 0. The molecular formula is C16H16BrNO3. The van der Waals surface area contributed by atoms with E-state index in [1.807, 2.05) is 24.3 Å². The molecule has 0 bridgehead atoms. The van der Waals surface area contributed by atoms with Crippen LogP contribution in [0.5, 0.6) is 11.5 Å². The monoisotopic (exact) mass is 349 g/mol. The van der Waals surface area contributed by atoms with Crippen molar-refractivity contribution in [1.29, 1.82) is 0 Å². The zero-order valence-electron chi connectivity index (χ0n) is 11.9. The molecule has 0 saturated carbocycles. The van der Waals surface area contributed by atoms with Gasteiger partial charge in [0, 0.05) is 4.47 Å². The van der Waals surface area contributed by atoms with Gasteiger partial charge in [0.15, 0.2) is 11.5 Å². The molecule has 0 radical (unpaired) electrons. The molecule has 0 unspecified atom stereocenters. The van der Waals surface area contributed by atoms with Crippen molar-refractivity contribution in [3.8, 4) is 11.5 Å². The second-order valence-electron chi connectivity index (χ2n) is 4.57. The van der Waals surface area contributed by atoms with Gasteiger partial charge in [-0.1, -0.05) is 28.1 Å². The number of nitrogen functional groups attached to an aromatic ring is 1. The first-order valence-corrected chi connectivity index (χ1v) is 7.16. The number of halogens is 1. The Labute approximate surface area is 132 Å². The maximum absolute atomic E-state index is 11.7. The minimum Gasteiger partial charge on any atom is -0.497 e. The van der Waals surface area contributed by atoms with E-state index < -0.39 is 0 Å². The molecule has 0 aliphatic carbocycles. The minimum atomic E-state index is -0.0938. The number of benzene rings is 2. The summed E-state index contributed by atoms with van der Waals surface area (Å²) in [5.74, 6) is 1.07. The summed E-state index contributed by atoms with van der Waals surface area (Å²) in [7, 11) is 1.61. The Balaban J connectivity index is 2.25. The van der Waals surface area contributed by atoms with Crippen LogP contribution in [0.2, 0.25) is 0 Å². The quantitative estimate of drug-likeness (QED) is 0.658. The van der Waals surface area contributed by atoms with Gasteiger partial charge in [0.25, 0.3) is 0 Å². The standard InChI is InChI=1S/C16H16BrNO3/c1-10(19)14-7-12(17)8-15(18)16(14)21-9-11-4-3-5-13(6-11)20-2/h3-8H,9,18H2,1-2H3. The Bertz CT molecular complexity index is 671. The lowest BCUT2D eigenvalue weighted by Crippen LogP contribution is -2.05. The Morgan fingerprint density at radius 3 is 2.71 bits per heavy atom. The van der Waals surface area contributed by atoms with E-state index in [0.29, 0.717) is 23.6 Å². The summed E-state index contributed by atoms with van der Waals surface area (Å²) in [5, 5.41) is 0. The van der Waals surface area contributed by atoms with Gasteiger partial charge >= 0.3 is 0 Å². The van der Waals surface area contributed by atoms with Gasteiger partial charge in [0.2, 0.25) is 0 Å². The summed E-state index contributed by atoms with van der Waals surface area (Å²) in [5.41, 5.74) is 7.78. The van der Waals surface area contributed by atoms with Gasteiger partial charge in [0.1, 0.15) is 12.4 Å².